The molecule has 2 heteroatoms. The molecule has 2 atom stereocenters. The van der Waals surface area contributed by atoms with Crippen LogP contribution in [0.5, 0.6) is 0 Å². The molecule has 1 aliphatic carbocycles. The Morgan fingerprint density at radius 2 is 2.11 bits per heavy atom. The largest absolute Gasteiger partial charge is 0.368 e. The van der Waals surface area contributed by atoms with Crippen LogP contribution in [-0.4, -0.2) is 18.6 Å². The van der Waals surface area contributed by atoms with Crippen molar-refractivity contribution in [2.24, 2.45) is 11.7 Å². The molecule has 2 aliphatic rings. The van der Waals surface area contributed by atoms with Gasteiger partial charge in [-0.3, -0.25) is 0 Å². The van der Waals surface area contributed by atoms with Gasteiger partial charge in [-0.2, -0.15) is 0 Å². The molecule has 3 rings (SSSR count). The maximum atomic E-state index is 6.02. The fraction of sp³-hybridized carbons (Fsp3) is 0.625. The van der Waals surface area contributed by atoms with Gasteiger partial charge in [0.15, 0.2) is 0 Å². The summed E-state index contributed by atoms with van der Waals surface area (Å²) in [6.07, 6.45) is 6.57. The number of para-hydroxylation sites is 1. The van der Waals surface area contributed by atoms with Crippen LogP contribution in [-0.2, 0) is 6.42 Å². The van der Waals surface area contributed by atoms with Crippen molar-refractivity contribution in [2.75, 3.05) is 11.4 Å². The normalized spacial score (nSPS) is 24.8. The molecule has 2 unspecified atom stereocenters. The van der Waals surface area contributed by atoms with Gasteiger partial charge in [0.1, 0.15) is 0 Å². The summed E-state index contributed by atoms with van der Waals surface area (Å²) in [5.74, 6) is 0.923. The molecule has 0 radical (unpaired) electrons. The molecule has 0 spiro atoms. The Kier molecular flexibility index (Phi) is 3.29. The predicted octanol–water partition coefficient (Wildman–Crippen LogP) is 2.96. The van der Waals surface area contributed by atoms with Crippen molar-refractivity contribution in [1.82, 2.24) is 0 Å². The zero-order valence-electron chi connectivity index (χ0n) is 11.3. The maximum absolute atomic E-state index is 6.02. The molecule has 0 bridgehead atoms. The number of rotatable bonds is 4. The van der Waals surface area contributed by atoms with E-state index in [2.05, 4.69) is 36.1 Å². The summed E-state index contributed by atoms with van der Waals surface area (Å²) in [7, 11) is 0. The SMILES string of the molecule is CC(N)CC1Cc2ccccc2N1CC1CCC1. The summed E-state index contributed by atoms with van der Waals surface area (Å²) < 4.78 is 0. The Labute approximate surface area is 110 Å². The third-order valence-electron chi connectivity index (χ3n) is 4.52. The zero-order valence-corrected chi connectivity index (χ0v) is 11.3. The Morgan fingerprint density at radius 1 is 1.33 bits per heavy atom. The fourth-order valence-corrected chi connectivity index (χ4v) is 3.37. The maximum Gasteiger partial charge on any atom is 0.0402 e. The molecular formula is C16H24N2. The van der Waals surface area contributed by atoms with Gasteiger partial charge in [0.25, 0.3) is 0 Å². The molecule has 1 aliphatic heterocycles. The lowest BCUT2D eigenvalue weighted by Gasteiger charge is -2.36. The van der Waals surface area contributed by atoms with Gasteiger partial charge in [0, 0.05) is 24.3 Å². The Hall–Kier alpha value is -1.02. The van der Waals surface area contributed by atoms with E-state index in [4.69, 9.17) is 5.73 Å². The van der Waals surface area contributed by atoms with Crippen molar-refractivity contribution in [3.05, 3.63) is 29.8 Å². The third kappa shape index (κ3) is 2.26. The van der Waals surface area contributed by atoms with Crippen LogP contribution in [0.2, 0.25) is 0 Å². The highest BCUT2D eigenvalue weighted by molar-refractivity contribution is 5.59. The standard InChI is InChI=1S/C16H24N2/c1-12(17)9-15-10-14-7-2-3-8-16(14)18(15)11-13-5-4-6-13/h2-3,7-8,12-13,15H,4-6,9-11,17H2,1H3. The molecule has 0 amide bonds. The minimum atomic E-state index is 0.299. The highest BCUT2D eigenvalue weighted by atomic mass is 15.2. The van der Waals surface area contributed by atoms with E-state index < -0.39 is 0 Å². The van der Waals surface area contributed by atoms with E-state index in [1.807, 2.05) is 0 Å². The highest BCUT2D eigenvalue weighted by Crippen LogP contribution is 2.37. The molecule has 98 valence electrons. The number of fused-ring (bicyclic) bond motifs is 1. The number of hydrogen-bond acceptors (Lipinski definition) is 2. The monoisotopic (exact) mass is 244 g/mol. The first-order valence-electron chi connectivity index (χ1n) is 7.34. The van der Waals surface area contributed by atoms with Gasteiger partial charge < -0.3 is 10.6 Å². The molecule has 2 nitrogen and oxygen atoms in total. The fourth-order valence-electron chi connectivity index (χ4n) is 3.37. The summed E-state index contributed by atoms with van der Waals surface area (Å²) in [6.45, 7) is 3.37. The van der Waals surface area contributed by atoms with E-state index in [0.29, 0.717) is 12.1 Å². The lowest BCUT2D eigenvalue weighted by atomic mass is 9.85. The van der Waals surface area contributed by atoms with E-state index in [1.165, 1.54) is 43.5 Å². The van der Waals surface area contributed by atoms with Crippen LogP contribution in [0.1, 0.15) is 38.2 Å². The zero-order chi connectivity index (χ0) is 12.5. The molecule has 1 aromatic carbocycles. The van der Waals surface area contributed by atoms with Crippen molar-refractivity contribution in [3.63, 3.8) is 0 Å². The van der Waals surface area contributed by atoms with Crippen LogP contribution in [0.4, 0.5) is 5.69 Å². The first-order valence-corrected chi connectivity index (χ1v) is 7.34. The van der Waals surface area contributed by atoms with Gasteiger partial charge >= 0.3 is 0 Å². The average molecular weight is 244 g/mol. The second-order valence-electron chi connectivity index (χ2n) is 6.15. The van der Waals surface area contributed by atoms with Gasteiger partial charge in [-0.15, -0.1) is 0 Å². The van der Waals surface area contributed by atoms with Crippen LogP contribution in [0.3, 0.4) is 0 Å². The predicted molar refractivity (Wildman–Crippen MR) is 76.9 cm³/mol. The second-order valence-corrected chi connectivity index (χ2v) is 6.15. The second kappa shape index (κ2) is 4.93. The van der Waals surface area contributed by atoms with Crippen LogP contribution in [0, 0.1) is 5.92 Å². The third-order valence-corrected chi connectivity index (χ3v) is 4.52. The molecule has 1 aromatic rings. The average Bonchev–Trinajstić information content (AvgIpc) is 2.60. The Balaban J connectivity index is 1.79. The Bertz CT molecular complexity index is 409. The van der Waals surface area contributed by atoms with Crippen molar-refractivity contribution in [3.8, 4) is 0 Å². The smallest absolute Gasteiger partial charge is 0.0402 e. The van der Waals surface area contributed by atoms with Crippen molar-refractivity contribution < 1.29 is 0 Å². The quantitative estimate of drug-likeness (QED) is 0.882. The van der Waals surface area contributed by atoms with Gasteiger partial charge in [0.05, 0.1) is 0 Å². The molecule has 1 heterocycles. The molecular weight excluding hydrogens is 220 g/mol. The number of nitrogens with two attached hydrogens (primary N) is 1. The van der Waals surface area contributed by atoms with Crippen LogP contribution in [0.15, 0.2) is 24.3 Å². The first kappa shape index (κ1) is 12.0. The topological polar surface area (TPSA) is 29.3 Å². The van der Waals surface area contributed by atoms with Gasteiger partial charge in [0.2, 0.25) is 0 Å². The van der Waals surface area contributed by atoms with E-state index in [0.717, 1.165) is 12.3 Å². The lowest BCUT2D eigenvalue weighted by molar-refractivity contribution is 0.309. The number of hydrogen-bond donors (Lipinski definition) is 1. The van der Waals surface area contributed by atoms with Crippen molar-refractivity contribution in [2.45, 2.75) is 51.1 Å². The number of benzene rings is 1. The summed E-state index contributed by atoms with van der Waals surface area (Å²) in [5.41, 5.74) is 9.00. The minimum absolute atomic E-state index is 0.299. The van der Waals surface area contributed by atoms with Crippen molar-refractivity contribution >= 4 is 5.69 Å². The van der Waals surface area contributed by atoms with Crippen LogP contribution >= 0.6 is 0 Å². The number of anilines is 1. The molecule has 2 N–H and O–H groups in total. The van der Waals surface area contributed by atoms with Gasteiger partial charge in [-0.05, 0) is 50.2 Å². The molecule has 1 fully saturated rings. The number of nitrogens with zero attached hydrogens (tertiary/aromatic N) is 1. The van der Waals surface area contributed by atoms with E-state index >= 15 is 0 Å². The molecule has 1 saturated carbocycles. The van der Waals surface area contributed by atoms with E-state index in [9.17, 15) is 0 Å². The van der Waals surface area contributed by atoms with E-state index in [1.54, 1.807) is 0 Å². The summed E-state index contributed by atoms with van der Waals surface area (Å²) in [4.78, 5) is 2.64. The molecule has 18 heavy (non-hydrogen) atoms. The highest BCUT2D eigenvalue weighted by Gasteiger charge is 2.32. The first-order chi connectivity index (χ1) is 8.74. The van der Waals surface area contributed by atoms with E-state index in [-0.39, 0.29) is 0 Å². The summed E-state index contributed by atoms with van der Waals surface area (Å²) in [5, 5.41) is 0. The van der Waals surface area contributed by atoms with Crippen LogP contribution < -0.4 is 10.6 Å². The Morgan fingerprint density at radius 3 is 2.78 bits per heavy atom. The summed E-state index contributed by atoms with van der Waals surface area (Å²) >= 11 is 0. The van der Waals surface area contributed by atoms with Gasteiger partial charge in [-0.25, -0.2) is 0 Å². The minimum Gasteiger partial charge on any atom is -0.368 e. The summed E-state index contributed by atoms with van der Waals surface area (Å²) in [6, 6.07) is 9.82. The lowest BCUT2D eigenvalue weighted by Crippen LogP contribution is -2.40. The molecule has 0 aromatic heterocycles. The molecule has 0 saturated heterocycles. The van der Waals surface area contributed by atoms with Gasteiger partial charge in [-0.1, -0.05) is 24.6 Å². The van der Waals surface area contributed by atoms with Crippen molar-refractivity contribution in [1.29, 1.82) is 0 Å². The van der Waals surface area contributed by atoms with Crippen LogP contribution in [0.25, 0.3) is 0 Å².